The Morgan fingerprint density at radius 2 is 2.00 bits per heavy atom. The average molecular weight is 445 g/mol. The smallest absolute Gasteiger partial charge is 0.242 e. The van der Waals surface area contributed by atoms with Crippen molar-refractivity contribution in [2.24, 2.45) is 0 Å². The van der Waals surface area contributed by atoms with Gasteiger partial charge in [-0.05, 0) is 48.9 Å². The van der Waals surface area contributed by atoms with E-state index in [0.29, 0.717) is 39.1 Å². The molecule has 0 fully saturated rings. The first kappa shape index (κ1) is 23.3. The van der Waals surface area contributed by atoms with Crippen LogP contribution in [-0.4, -0.2) is 61.6 Å². The molecule has 1 aliphatic heterocycles. The van der Waals surface area contributed by atoms with E-state index in [1.807, 2.05) is 43.0 Å². The number of carbonyl (C=O) groups is 2. The molecule has 0 unspecified atom stereocenters. The van der Waals surface area contributed by atoms with E-state index in [0.717, 1.165) is 17.7 Å². The molecule has 0 saturated carbocycles. The van der Waals surface area contributed by atoms with Crippen molar-refractivity contribution in [2.45, 2.75) is 39.2 Å². The number of fused-ring (bicyclic) bond motifs is 1. The van der Waals surface area contributed by atoms with Gasteiger partial charge in [0, 0.05) is 38.1 Å². The van der Waals surface area contributed by atoms with Crippen LogP contribution in [0.25, 0.3) is 0 Å². The zero-order chi connectivity index (χ0) is 22.2. The first-order valence-electron chi connectivity index (χ1n) is 10.8. The van der Waals surface area contributed by atoms with Crippen LogP contribution >= 0.6 is 11.3 Å². The van der Waals surface area contributed by atoms with Crippen molar-refractivity contribution in [1.82, 2.24) is 9.80 Å². The lowest BCUT2D eigenvalue weighted by Gasteiger charge is -2.37. The van der Waals surface area contributed by atoms with Gasteiger partial charge in [-0.15, -0.1) is 11.3 Å². The van der Waals surface area contributed by atoms with Crippen LogP contribution in [0.1, 0.15) is 41.8 Å². The van der Waals surface area contributed by atoms with Crippen molar-refractivity contribution in [1.29, 1.82) is 0 Å². The molecule has 1 aromatic carbocycles. The second-order valence-electron chi connectivity index (χ2n) is 7.79. The van der Waals surface area contributed by atoms with Gasteiger partial charge in [-0.3, -0.25) is 9.59 Å². The summed E-state index contributed by atoms with van der Waals surface area (Å²) >= 11 is 1.73. The molecule has 6 nitrogen and oxygen atoms in total. The largest absolute Gasteiger partial charge is 0.491 e. The molecule has 0 bridgehead atoms. The van der Waals surface area contributed by atoms with Crippen molar-refractivity contribution in [3.8, 4) is 5.75 Å². The summed E-state index contributed by atoms with van der Waals surface area (Å²) in [5, 5.41) is 2.08. The Balaban J connectivity index is 1.72. The van der Waals surface area contributed by atoms with Crippen LogP contribution in [0.2, 0.25) is 0 Å². The predicted octanol–water partition coefficient (Wildman–Crippen LogP) is 3.84. The third-order valence-corrected chi connectivity index (χ3v) is 6.60. The van der Waals surface area contributed by atoms with Gasteiger partial charge in [0.2, 0.25) is 11.8 Å². The van der Waals surface area contributed by atoms with E-state index in [1.54, 1.807) is 23.3 Å². The maximum atomic E-state index is 13.3. The molecule has 2 aromatic rings. The van der Waals surface area contributed by atoms with E-state index in [4.69, 9.17) is 9.47 Å². The molecular weight excluding hydrogens is 412 g/mol. The molecule has 168 valence electrons. The maximum absolute atomic E-state index is 13.3. The van der Waals surface area contributed by atoms with E-state index < -0.39 is 0 Å². The average Bonchev–Trinajstić information content (AvgIpc) is 3.26. The molecule has 0 saturated heterocycles. The second-order valence-corrected chi connectivity index (χ2v) is 8.79. The summed E-state index contributed by atoms with van der Waals surface area (Å²) in [6.07, 6.45) is 1.93. The van der Waals surface area contributed by atoms with Crippen LogP contribution in [0.3, 0.4) is 0 Å². The van der Waals surface area contributed by atoms with Crippen molar-refractivity contribution in [2.75, 3.05) is 40.0 Å². The van der Waals surface area contributed by atoms with Gasteiger partial charge >= 0.3 is 0 Å². The number of aryl methyl sites for hydroxylation is 1. The molecule has 1 atom stereocenters. The van der Waals surface area contributed by atoms with Gasteiger partial charge in [0.05, 0.1) is 12.6 Å². The highest BCUT2D eigenvalue weighted by Gasteiger charge is 2.33. The van der Waals surface area contributed by atoms with Gasteiger partial charge in [-0.1, -0.05) is 24.6 Å². The van der Waals surface area contributed by atoms with Gasteiger partial charge < -0.3 is 19.3 Å². The summed E-state index contributed by atoms with van der Waals surface area (Å²) in [4.78, 5) is 30.5. The molecule has 2 amide bonds. The molecule has 0 aliphatic carbocycles. The van der Waals surface area contributed by atoms with Gasteiger partial charge in [0.15, 0.2) is 0 Å². The van der Waals surface area contributed by atoms with Crippen LogP contribution in [0, 0.1) is 6.92 Å². The van der Waals surface area contributed by atoms with Crippen LogP contribution < -0.4 is 4.74 Å². The van der Waals surface area contributed by atoms with Crippen molar-refractivity contribution < 1.29 is 19.1 Å². The molecule has 3 rings (SSSR count). The number of hydrogen-bond donors (Lipinski definition) is 0. The van der Waals surface area contributed by atoms with Crippen molar-refractivity contribution in [3.63, 3.8) is 0 Å². The summed E-state index contributed by atoms with van der Waals surface area (Å²) in [7, 11) is 1.64. The van der Waals surface area contributed by atoms with Crippen molar-refractivity contribution >= 4 is 23.2 Å². The number of ether oxygens (including phenoxy) is 2. The predicted molar refractivity (Wildman–Crippen MR) is 123 cm³/mol. The monoisotopic (exact) mass is 444 g/mol. The minimum absolute atomic E-state index is 0.00913. The number of nitrogens with zero attached hydrogens (tertiary/aromatic N) is 2. The summed E-state index contributed by atoms with van der Waals surface area (Å²) < 4.78 is 11.2. The molecule has 0 radical (unpaired) electrons. The summed E-state index contributed by atoms with van der Waals surface area (Å²) in [6.45, 7) is 6.08. The highest BCUT2D eigenvalue weighted by Crippen LogP contribution is 2.34. The highest BCUT2D eigenvalue weighted by molar-refractivity contribution is 7.10. The lowest BCUT2D eigenvalue weighted by molar-refractivity contribution is -0.142. The van der Waals surface area contributed by atoms with Crippen molar-refractivity contribution in [3.05, 3.63) is 51.7 Å². The molecule has 7 heteroatoms. The van der Waals surface area contributed by atoms with Gasteiger partial charge in [-0.2, -0.15) is 0 Å². The standard InChI is InChI=1S/C24H32N2O4S/c1-4-23(27)25(12-5-14-29-3)16-24(28)26-13-10-22-20(11-15-31-22)21(26)17-30-19-8-6-18(2)7-9-19/h6-9,11,15,21H,4-5,10,12-14,16-17H2,1-3H3/t21-/m1/s1. The lowest BCUT2D eigenvalue weighted by Crippen LogP contribution is -2.48. The van der Waals surface area contributed by atoms with E-state index in [9.17, 15) is 9.59 Å². The molecule has 2 heterocycles. The Labute approximate surface area is 188 Å². The highest BCUT2D eigenvalue weighted by atomic mass is 32.1. The van der Waals surface area contributed by atoms with E-state index in [2.05, 4.69) is 11.4 Å². The van der Waals surface area contributed by atoms with Gasteiger partial charge in [0.25, 0.3) is 0 Å². The Bertz CT molecular complexity index is 865. The zero-order valence-corrected chi connectivity index (χ0v) is 19.5. The topological polar surface area (TPSA) is 59.1 Å². The van der Waals surface area contributed by atoms with E-state index >= 15 is 0 Å². The fourth-order valence-electron chi connectivity index (χ4n) is 3.85. The number of rotatable bonds is 10. The summed E-state index contributed by atoms with van der Waals surface area (Å²) in [5.74, 6) is 0.751. The third kappa shape index (κ3) is 6.08. The Morgan fingerprint density at radius 3 is 2.71 bits per heavy atom. The second kappa shape index (κ2) is 11.3. The minimum atomic E-state index is -0.152. The SMILES string of the molecule is CCC(=O)N(CCCOC)CC(=O)N1CCc2sccc2[C@H]1COc1ccc(C)cc1. The summed E-state index contributed by atoms with van der Waals surface area (Å²) in [6, 6.07) is 9.89. The van der Waals surface area contributed by atoms with E-state index in [-0.39, 0.29) is 24.4 Å². The third-order valence-electron chi connectivity index (χ3n) is 5.60. The first-order valence-corrected chi connectivity index (χ1v) is 11.7. The number of thiophene rings is 1. The molecule has 0 spiro atoms. The molecule has 31 heavy (non-hydrogen) atoms. The number of carbonyl (C=O) groups excluding carboxylic acids is 2. The number of methoxy groups -OCH3 is 1. The van der Waals surface area contributed by atoms with Crippen LogP contribution in [-0.2, 0) is 20.7 Å². The fraction of sp³-hybridized carbons (Fsp3) is 0.500. The van der Waals surface area contributed by atoms with Crippen LogP contribution in [0.4, 0.5) is 0 Å². The number of hydrogen-bond acceptors (Lipinski definition) is 5. The first-order chi connectivity index (χ1) is 15.0. The molecule has 1 aromatic heterocycles. The lowest BCUT2D eigenvalue weighted by atomic mass is 10.0. The van der Waals surface area contributed by atoms with E-state index in [1.165, 1.54) is 10.4 Å². The molecular formula is C24H32N2O4S. The van der Waals surface area contributed by atoms with Gasteiger partial charge in [-0.25, -0.2) is 0 Å². The summed E-state index contributed by atoms with van der Waals surface area (Å²) in [5.41, 5.74) is 2.33. The quantitative estimate of drug-likeness (QED) is 0.523. The maximum Gasteiger partial charge on any atom is 0.242 e. The zero-order valence-electron chi connectivity index (χ0n) is 18.6. The molecule has 0 N–H and O–H groups in total. The number of benzene rings is 1. The van der Waals surface area contributed by atoms with Crippen LogP contribution in [0.5, 0.6) is 5.75 Å². The minimum Gasteiger partial charge on any atom is -0.491 e. The number of amides is 2. The van der Waals surface area contributed by atoms with Gasteiger partial charge in [0.1, 0.15) is 12.4 Å². The fourth-order valence-corrected chi connectivity index (χ4v) is 4.78. The molecule has 1 aliphatic rings. The Morgan fingerprint density at radius 1 is 1.23 bits per heavy atom. The Kier molecular flexibility index (Phi) is 8.49. The van der Waals surface area contributed by atoms with Crippen LogP contribution in [0.15, 0.2) is 35.7 Å². The Hall–Kier alpha value is -2.38. The normalized spacial score (nSPS) is 15.5.